The highest BCUT2D eigenvalue weighted by Crippen LogP contribution is 2.09. The minimum absolute atomic E-state index is 0.0142. The number of hydrogen-bond donors (Lipinski definition) is 1. The number of carbonyl (C=O) groups excluding carboxylic acids is 2. The van der Waals surface area contributed by atoms with Crippen LogP contribution in [-0.2, 0) is 16.1 Å². The molecule has 1 heterocycles. The lowest BCUT2D eigenvalue weighted by molar-refractivity contribution is -0.133. The first kappa shape index (κ1) is 11.6. The van der Waals surface area contributed by atoms with Gasteiger partial charge in [0.05, 0.1) is 0 Å². The molecular weight excluding hydrogens is 216 g/mol. The third-order valence-electron chi connectivity index (χ3n) is 2.88. The lowest BCUT2D eigenvalue weighted by Crippen LogP contribution is -2.42. The van der Waals surface area contributed by atoms with Gasteiger partial charge < -0.3 is 10.2 Å². The fourth-order valence-corrected chi connectivity index (χ4v) is 1.96. The van der Waals surface area contributed by atoms with Gasteiger partial charge in [-0.2, -0.15) is 0 Å². The maximum absolute atomic E-state index is 12.0. The Morgan fingerprint density at radius 3 is 2.71 bits per heavy atom. The molecule has 17 heavy (non-hydrogen) atoms. The fraction of sp³-hybridized carbons (Fsp3) is 0.385. The van der Waals surface area contributed by atoms with Crippen molar-refractivity contribution < 1.29 is 9.59 Å². The van der Waals surface area contributed by atoms with Gasteiger partial charge >= 0.3 is 0 Å². The van der Waals surface area contributed by atoms with Crippen LogP contribution < -0.4 is 5.32 Å². The maximum Gasteiger partial charge on any atom is 0.245 e. The number of rotatable bonds is 2. The topological polar surface area (TPSA) is 49.4 Å². The molecule has 90 valence electrons. The quantitative estimate of drug-likeness (QED) is 0.824. The zero-order valence-corrected chi connectivity index (χ0v) is 9.85. The van der Waals surface area contributed by atoms with Crippen LogP contribution in [0.15, 0.2) is 30.3 Å². The van der Waals surface area contributed by atoms with E-state index in [-0.39, 0.29) is 11.8 Å². The number of carbonyl (C=O) groups is 2. The molecule has 2 rings (SSSR count). The van der Waals surface area contributed by atoms with Crippen LogP contribution >= 0.6 is 0 Å². The molecule has 2 amide bonds. The van der Waals surface area contributed by atoms with E-state index < -0.39 is 6.04 Å². The van der Waals surface area contributed by atoms with Crippen molar-refractivity contribution in [2.45, 2.75) is 25.9 Å². The summed E-state index contributed by atoms with van der Waals surface area (Å²) < 4.78 is 0. The highest BCUT2D eigenvalue weighted by atomic mass is 16.2. The van der Waals surface area contributed by atoms with Crippen molar-refractivity contribution in [1.29, 1.82) is 0 Å². The first-order valence-electron chi connectivity index (χ1n) is 5.79. The second kappa shape index (κ2) is 4.99. The molecule has 1 aliphatic rings. The van der Waals surface area contributed by atoms with E-state index in [2.05, 4.69) is 5.32 Å². The lowest BCUT2D eigenvalue weighted by atomic mass is 10.2. The van der Waals surface area contributed by atoms with E-state index in [0.717, 1.165) is 5.56 Å². The Labute approximate surface area is 101 Å². The van der Waals surface area contributed by atoms with Crippen molar-refractivity contribution in [1.82, 2.24) is 10.2 Å². The van der Waals surface area contributed by atoms with Gasteiger partial charge in [0.2, 0.25) is 11.8 Å². The molecule has 1 saturated heterocycles. The molecule has 0 aromatic heterocycles. The van der Waals surface area contributed by atoms with Gasteiger partial charge in [-0.25, -0.2) is 0 Å². The molecule has 0 radical (unpaired) electrons. The summed E-state index contributed by atoms with van der Waals surface area (Å²) in [6.07, 6.45) is 0.378. The van der Waals surface area contributed by atoms with Crippen LogP contribution in [0.5, 0.6) is 0 Å². The normalized spacial score (nSPS) is 21.0. The number of amides is 2. The predicted molar refractivity (Wildman–Crippen MR) is 64.1 cm³/mol. The zero-order valence-electron chi connectivity index (χ0n) is 9.85. The summed E-state index contributed by atoms with van der Waals surface area (Å²) in [5, 5.41) is 2.68. The summed E-state index contributed by atoms with van der Waals surface area (Å²) in [7, 11) is 0. The summed E-state index contributed by atoms with van der Waals surface area (Å²) in [6.45, 7) is 2.78. The van der Waals surface area contributed by atoms with Gasteiger partial charge in [0.25, 0.3) is 0 Å². The molecule has 0 spiro atoms. The Morgan fingerprint density at radius 2 is 2.00 bits per heavy atom. The van der Waals surface area contributed by atoms with E-state index in [1.807, 2.05) is 30.3 Å². The van der Waals surface area contributed by atoms with Crippen LogP contribution in [0.25, 0.3) is 0 Å². The molecule has 1 aromatic carbocycles. The molecule has 0 aliphatic carbocycles. The van der Waals surface area contributed by atoms with E-state index in [9.17, 15) is 9.59 Å². The Balaban J connectivity index is 2.09. The van der Waals surface area contributed by atoms with Gasteiger partial charge in [-0.1, -0.05) is 30.3 Å². The lowest BCUT2D eigenvalue weighted by Gasteiger charge is -2.22. The minimum Gasteiger partial charge on any atom is -0.345 e. The summed E-state index contributed by atoms with van der Waals surface area (Å²) in [5.74, 6) is -0.0684. The Hall–Kier alpha value is -1.84. The van der Waals surface area contributed by atoms with Crippen LogP contribution in [0, 0.1) is 0 Å². The second-order valence-electron chi connectivity index (χ2n) is 4.28. The monoisotopic (exact) mass is 232 g/mol. The number of nitrogens with zero attached hydrogens (tertiary/aromatic N) is 1. The number of hydrogen-bond acceptors (Lipinski definition) is 2. The molecular formula is C13H16N2O2. The smallest absolute Gasteiger partial charge is 0.245 e. The fourth-order valence-electron chi connectivity index (χ4n) is 1.96. The molecule has 4 heteroatoms. The minimum atomic E-state index is -0.422. The third kappa shape index (κ3) is 2.84. The summed E-state index contributed by atoms with van der Waals surface area (Å²) >= 11 is 0. The van der Waals surface area contributed by atoms with Crippen molar-refractivity contribution in [3.8, 4) is 0 Å². The molecule has 1 fully saturated rings. The van der Waals surface area contributed by atoms with E-state index in [4.69, 9.17) is 0 Å². The predicted octanol–water partition coefficient (Wildman–Crippen LogP) is 0.924. The zero-order chi connectivity index (χ0) is 12.3. The van der Waals surface area contributed by atoms with Gasteiger partial charge in [-0.05, 0) is 12.5 Å². The van der Waals surface area contributed by atoms with E-state index in [1.165, 1.54) is 0 Å². The third-order valence-corrected chi connectivity index (χ3v) is 2.88. The average Bonchev–Trinajstić information content (AvgIpc) is 2.44. The molecule has 1 N–H and O–H groups in total. The molecule has 0 saturated carbocycles. The van der Waals surface area contributed by atoms with E-state index >= 15 is 0 Å². The largest absolute Gasteiger partial charge is 0.345 e. The van der Waals surface area contributed by atoms with Crippen LogP contribution in [0.2, 0.25) is 0 Å². The van der Waals surface area contributed by atoms with Gasteiger partial charge in [-0.15, -0.1) is 0 Å². The van der Waals surface area contributed by atoms with Crippen molar-refractivity contribution in [2.75, 3.05) is 6.54 Å². The van der Waals surface area contributed by atoms with Crippen molar-refractivity contribution in [2.24, 2.45) is 0 Å². The molecule has 1 aliphatic heterocycles. The average molecular weight is 232 g/mol. The first-order valence-corrected chi connectivity index (χ1v) is 5.79. The highest BCUT2D eigenvalue weighted by Gasteiger charge is 2.26. The van der Waals surface area contributed by atoms with Crippen molar-refractivity contribution in [3.63, 3.8) is 0 Å². The standard InChI is InChI=1S/C13H16N2O2/c1-10-13(17)15(8-7-12(16)14-10)9-11-5-3-2-4-6-11/h2-6,10H,7-9H2,1H3,(H,14,16)/t10-/m1/s1. The van der Waals surface area contributed by atoms with Gasteiger partial charge in [0.15, 0.2) is 0 Å². The van der Waals surface area contributed by atoms with Crippen LogP contribution in [-0.4, -0.2) is 29.3 Å². The Kier molecular flexibility index (Phi) is 3.42. The van der Waals surface area contributed by atoms with Crippen LogP contribution in [0.1, 0.15) is 18.9 Å². The summed E-state index contributed by atoms with van der Waals surface area (Å²) in [4.78, 5) is 25.1. The Bertz CT molecular complexity index is 417. The van der Waals surface area contributed by atoms with Gasteiger partial charge in [-0.3, -0.25) is 9.59 Å². The molecule has 4 nitrogen and oxygen atoms in total. The maximum atomic E-state index is 12.0. The summed E-state index contributed by atoms with van der Waals surface area (Å²) in [6, 6.07) is 9.39. The van der Waals surface area contributed by atoms with Crippen LogP contribution in [0.4, 0.5) is 0 Å². The first-order chi connectivity index (χ1) is 8.16. The Morgan fingerprint density at radius 1 is 1.29 bits per heavy atom. The number of nitrogens with one attached hydrogen (secondary N) is 1. The van der Waals surface area contributed by atoms with Gasteiger partial charge in [0.1, 0.15) is 6.04 Å². The molecule has 1 aromatic rings. The van der Waals surface area contributed by atoms with Crippen molar-refractivity contribution in [3.05, 3.63) is 35.9 Å². The molecule has 0 bridgehead atoms. The van der Waals surface area contributed by atoms with E-state index in [1.54, 1.807) is 11.8 Å². The highest BCUT2D eigenvalue weighted by molar-refractivity contribution is 5.89. The molecule has 1 atom stereocenters. The second-order valence-corrected chi connectivity index (χ2v) is 4.28. The molecule has 0 unspecified atom stereocenters. The number of benzene rings is 1. The van der Waals surface area contributed by atoms with Gasteiger partial charge in [0, 0.05) is 19.5 Å². The SMILES string of the molecule is C[C@H]1NC(=O)CCN(Cc2ccccc2)C1=O. The summed E-state index contributed by atoms with van der Waals surface area (Å²) in [5.41, 5.74) is 1.09. The van der Waals surface area contributed by atoms with E-state index in [0.29, 0.717) is 19.5 Å². The van der Waals surface area contributed by atoms with Crippen molar-refractivity contribution >= 4 is 11.8 Å². The van der Waals surface area contributed by atoms with Crippen LogP contribution in [0.3, 0.4) is 0 Å².